The van der Waals surface area contributed by atoms with Crippen molar-refractivity contribution in [1.82, 2.24) is 0 Å². The summed E-state index contributed by atoms with van der Waals surface area (Å²) in [4.78, 5) is 11.9. The van der Waals surface area contributed by atoms with Crippen LogP contribution >= 0.6 is 0 Å². The molecule has 3 aliphatic rings. The third-order valence-corrected chi connectivity index (χ3v) is 5.74. The normalized spacial score (nSPS) is 51.2. The first-order valence-corrected chi connectivity index (χ1v) is 7.04. The van der Waals surface area contributed by atoms with Crippen molar-refractivity contribution in [1.29, 1.82) is 0 Å². The summed E-state index contributed by atoms with van der Waals surface area (Å²) in [7, 11) is 0. The molecule has 2 fully saturated rings. The fourth-order valence-electron chi connectivity index (χ4n) is 4.59. The Labute approximate surface area is 108 Å². The Balaban J connectivity index is 2.11. The smallest absolute Gasteiger partial charge is 0.311 e. The first-order valence-electron chi connectivity index (χ1n) is 7.04. The lowest BCUT2D eigenvalue weighted by molar-refractivity contribution is -0.229. The summed E-state index contributed by atoms with van der Waals surface area (Å²) in [6.07, 6.45) is 6.00. The molecule has 0 amide bonds. The first-order chi connectivity index (χ1) is 8.39. The van der Waals surface area contributed by atoms with Crippen LogP contribution in [0.25, 0.3) is 0 Å². The maximum Gasteiger partial charge on any atom is 0.311 e. The van der Waals surface area contributed by atoms with Crippen LogP contribution in [0.4, 0.5) is 0 Å². The lowest BCUT2D eigenvalue weighted by atomic mass is 9.52. The van der Waals surface area contributed by atoms with E-state index in [0.29, 0.717) is 12.3 Å². The minimum Gasteiger partial charge on any atom is -0.433 e. The number of allylic oxidation sites excluding steroid dienone is 2. The van der Waals surface area contributed by atoms with Crippen LogP contribution in [0.2, 0.25) is 0 Å². The first kappa shape index (κ1) is 12.2. The monoisotopic (exact) mass is 250 g/mol. The van der Waals surface area contributed by atoms with Crippen LogP contribution in [0.3, 0.4) is 0 Å². The van der Waals surface area contributed by atoms with Gasteiger partial charge in [-0.05, 0) is 25.2 Å². The number of esters is 1. The summed E-state index contributed by atoms with van der Waals surface area (Å²) in [6.45, 7) is 6.37. The molecule has 5 atom stereocenters. The molecule has 1 saturated heterocycles. The Bertz CT molecular complexity index is 427. The van der Waals surface area contributed by atoms with Gasteiger partial charge in [0, 0.05) is 17.8 Å². The van der Waals surface area contributed by atoms with Crippen LogP contribution in [-0.4, -0.2) is 16.9 Å². The van der Waals surface area contributed by atoms with E-state index in [1.165, 1.54) is 5.57 Å². The van der Waals surface area contributed by atoms with Gasteiger partial charge in [0.15, 0.2) is 0 Å². The van der Waals surface area contributed by atoms with E-state index in [0.717, 1.165) is 19.3 Å². The number of hydrogen-bond donors (Lipinski definition) is 1. The fourth-order valence-corrected chi connectivity index (χ4v) is 4.59. The van der Waals surface area contributed by atoms with Crippen molar-refractivity contribution in [2.45, 2.75) is 52.2 Å². The van der Waals surface area contributed by atoms with Gasteiger partial charge in [0.05, 0.1) is 5.92 Å². The van der Waals surface area contributed by atoms with E-state index >= 15 is 0 Å². The van der Waals surface area contributed by atoms with Crippen LogP contribution in [0, 0.1) is 23.2 Å². The van der Waals surface area contributed by atoms with Crippen LogP contribution in [0.1, 0.15) is 46.5 Å². The third-order valence-electron chi connectivity index (χ3n) is 5.74. The fraction of sp³-hybridized carbons (Fsp3) is 0.800. The number of aliphatic hydroxyl groups is 1. The van der Waals surface area contributed by atoms with Gasteiger partial charge in [0.25, 0.3) is 0 Å². The van der Waals surface area contributed by atoms with Gasteiger partial charge in [0.2, 0.25) is 5.79 Å². The van der Waals surface area contributed by atoms with Gasteiger partial charge < -0.3 is 9.84 Å². The van der Waals surface area contributed by atoms with E-state index in [2.05, 4.69) is 19.9 Å². The minimum absolute atomic E-state index is 0.0865. The lowest BCUT2D eigenvalue weighted by Gasteiger charge is -2.53. The van der Waals surface area contributed by atoms with Crippen molar-refractivity contribution in [3.8, 4) is 0 Å². The number of carbonyl (C=O) groups is 1. The van der Waals surface area contributed by atoms with Crippen molar-refractivity contribution >= 4 is 5.97 Å². The largest absolute Gasteiger partial charge is 0.433 e. The third kappa shape index (κ3) is 1.31. The second kappa shape index (κ2) is 3.60. The molecule has 1 N–H and O–H groups in total. The van der Waals surface area contributed by atoms with E-state index in [4.69, 9.17) is 4.74 Å². The quantitative estimate of drug-likeness (QED) is 0.531. The molecule has 3 nitrogen and oxygen atoms in total. The van der Waals surface area contributed by atoms with Crippen LogP contribution in [0.15, 0.2) is 11.6 Å². The maximum atomic E-state index is 11.9. The average molecular weight is 250 g/mol. The molecule has 1 saturated carbocycles. The van der Waals surface area contributed by atoms with E-state index < -0.39 is 5.79 Å². The van der Waals surface area contributed by atoms with Gasteiger partial charge in [0.1, 0.15) is 0 Å². The zero-order chi connectivity index (χ0) is 13.1. The van der Waals surface area contributed by atoms with Gasteiger partial charge in [-0.2, -0.15) is 0 Å². The van der Waals surface area contributed by atoms with Crippen LogP contribution in [0.5, 0.6) is 0 Å². The average Bonchev–Trinajstić information content (AvgIpc) is 2.53. The molecule has 2 aliphatic carbocycles. The predicted octanol–water partition coefficient (Wildman–Crippen LogP) is 2.64. The number of fused-ring (bicyclic) bond motifs is 3. The van der Waals surface area contributed by atoms with Gasteiger partial charge in [-0.25, -0.2) is 0 Å². The molecule has 1 heterocycles. The molecular weight excluding hydrogens is 228 g/mol. The Kier molecular flexibility index (Phi) is 2.44. The molecule has 0 spiro atoms. The molecule has 0 unspecified atom stereocenters. The number of ether oxygens (including phenoxy) is 1. The number of hydrogen-bond acceptors (Lipinski definition) is 3. The Morgan fingerprint density at radius 3 is 2.89 bits per heavy atom. The zero-order valence-electron chi connectivity index (χ0n) is 11.4. The molecule has 0 aromatic carbocycles. The summed E-state index contributed by atoms with van der Waals surface area (Å²) in [5.41, 5.74) is 1.35. The molecule has 0 aromatic heterocycles. The van der Waals surface area contributed by atoms with Gasteiger partial charge in [-0.15, -0.1) is 0 Å². The highest BCUT2D eigenvalue weighted by molar-refractivity contribution is 5.76. The highest BCUT2D eigenvalue weighted by Gasteiger charge is 2.64. The summed E-state index contributed by atoms with van der Waals surface area (Å²) in [5.74, 6) is -1.26. The van der Waals surface area contributed by atoms with E-state index in [1.54, 1.807) is 0 Å². The lowest BCUT2D eigenvalue weighted by Crippen LogP contribution is -2.53. The van der Waals surface area contributed by atoms with Gasteiger partial charge in [-0.3, -0.25) is 4.79 Å². The predicted molar refractivity (Wildman–Crippen MR) is 67.5 cm³/mol. The molecule has 0 aromatic rings. The Hall–Kier alpha value is -0.830. The molecule has 1 aliphatic heterocycles. The zero-order valence-corrected chi connectivity index (χ0v) is 11.4. The molecule has 0 radical (unpaired) electrons. The topological polar surface area (TPSA) is 46.5 Å². The second-order valence-electron chi connectivity index (χ2n) is 6.52. The van der Waals surface area contributed by atoms with E-state index in [-0.39, 0.29) is 23.2 Å². The summed E-state index contributed by atoms with van der Waals surface area (Å²) in [6, 6.07) is 0. The highest BCUT2D eigenvalue weighted by Crippen LogP contribution is 2.61. The Morgan fingerprint density at radius 2 is 2.17 bits per heavy atom. The summed E-state index contributed by atoms with van der Waals surface area (Å²) in [5, 5.41) is 10.7. The van der Waals surface area contributed by atoms with Crippen molar-refractivity contribution in [2.75, 3.05) is 0 Å². The van der Waals surface area contributed by atoms with Crippen molar-refractivity contribution < 1.29 is 14.6 Å². The van der Waals surface area contributed by atoms with Crippen LogP contribution in [-0.2, 0) is 9.53 Å². The Morgan fingerprint density at radius 1 is 1.44 bits per heavy atom. The highest BCUT2D eigenvalue weighted by atomic mass is 16.7. The molecule has 0 bridgehead atoms. The molecule has 3 rings (SSSR count). The van der Waals surface area contributed by atoms with Crippen molar-refractivity contribution in [3.63, 3.8) is 0 Å². The van der Waals surface area contributed by atoms with Crippen molar-refractivity contribution in [2.24, 2.45) is 23.2 Å². The summed E-state index contributed by atoms with van der Waals surface area (Å²) < 4.78 is 5.32. The maximum absolute atomic E-state index is 11.9. The molecule has 3 heteroatoms. The minimum atomic E-state index is -1.23. The van der Waals surface area contributed by atoms with E-state index in [9.17, 15) is 9.90 Å². The number of carbonyl (C=O) groups excluding carboxylic acids is 1. The van der Waals surface area contributed by atoms with Gasteiger partial charge >= 0.3 is 5.97 Å². The standard InChI is InChI=1S/C15H22O3/c1-9-5-4-6-11-7-8-15(17)12(14(9,11)3)10(2)13(16)18-15/h6,9-10,12,17H,4-5,7-8H2,1-3H3/t9-,10-,12+,14+,15-/m0/s1. The van der Waals surface area contributed by atoms with E-state index in [1.807, 2.05) is 6.92 Å². The second-order valence-corrected chi connectivity index (χ2v) is 6.52. The van der Waals surface area contributed by atoms with Crippen LogP contribution < -0.4 is 0 Å². The number of rotatable bonds is 0. The molecule has 100 valence electrons. The molecular formula is C15H22O3. The summed E-state index contributed by atoms with van der Waals surface area (Å²) >= 11 is 0. The SMILES string of the molecule is C[C@@H]1C(=O)O[C@@]2(O)CCC3=CCC[C@H](C)[C@@]3(C)[C@@H]12. The molecule has 18 heavy (non-hydrogen) atoms. The van der Waals surface area contributed by atoms with Crippen molar-refractivity contribution in [3.05, 3.63) is 11.6 Å². The van der Waals surface area contributed by atoms with Gasteiger partial charge in [-0.1, -0.05) is 32.4 Å².